The van der Waals surface area contributed by atoms with Crippen molar-refractivity contribution in [2.24, 2.45) is 0 Å². The maximum atomic E-state index is 12.0. The van der Waals surface area contributed by atoms with Crippen LogP contribution in [-0.2, 0) is 10.0 Å². The van der Waals surface area contributed by atoms with Crippen LogP contribution in [0.5, 0.6) is 0 Å². The Balaban J connectivity index is 0.00000162. The highest BCUT2D eigenvalue weighted by molar-refractivity contribution is 7.91. The number of thiophene rings is 1. The van der Waals surface area contributed by atoms with Crippen molar-refractivity contribution in [3.63, 3.8) is 0 Å². The first-order valence-electron chi connectivity index (χ1n) is 5.48. The van der Waals surface area contributed by atoms with Crippen LogP contribution in [0.4, 0.5) is 0 Å². The Bertz CT molecular complexity index is 490. The van der Waals surface area contributed by atoms with Gasteiger partial charge in [0, 0.05) is 12.1 Å². The largest absolute Gasteiger partial charge is 0.314 e. The number of rotatable bonds is 3. The van der Waals surface area contributed by atoms with Crippen molar-refractivity contribution in [3.8, 4) is 0 Å². The molecule has 1 aromatic heterocycles. The molecule has 2 heterocycles. The summed E-state index contributed by atoms with van der Waals surface area (Å²) in [6, 6.07) is 3.51. The molecule has 0 aliphatic carbocycles. The summed E-state index contributed by atoms with van der Waals surface area (Å²) in [5.74, 6) is 0. The summed E-state index contributed by atoms with van der Waals surface area (Å²) >= 11 is 6.83. The number of sulfonamides is 1. The fourth-order valence-corrected chi connectivity index (χ4v) is 4.74. The lowest BCUT2D eigenvalue weighted by Gasteiger charge is -2.28. The lowest BCUT2D eigenvalue weighted by molar-refractivity contribution is 0.361. The highest BCUT2D eigenvalue weighted by Gasteiger charge is 2.25. The minimum Gasteiger partial charge on any atom is -0.314 e. The maximum Gasteiger partial charge on any atom is 0.250 e. The van der Waals surface area contributed by atoms with Gasteiger partial charge in [0.2, 0.25) is 10.0 Å². The number of piperidine rings is 1. The maximum absolute atomic E-state index is 12.0. The molecule has 1 aromatic rings. The highest BCUT2D eigenvalue weighted by Crippen LogP contribution is 2.26. The number of hydrogen-bond donors (Lipinski definition) is 2. The molecule has 1 saturated heterocycles. The fraction of sp³-hybridized carbons (Fsp3) is 0.600. The van der Waals surface area contributed by atoms with E-state index in [4.69, 9.17) is 11.6 Å². The van der Waals surface area contributed by atoms with Gasteiger partial charge in [-0.25, -0.2) is 13.1 Å². The van der Waals surface area contributed by atoms with Gasteiger partial charge in [-0.1, -0.05) is 11.6 Å². The predicted molar refractivity (Wildman–Crippen MR) is 77.4 cm³/mol. The summed E-state index contributed by atoms with van der Waals surface area (Å²) in [5.41, 5.74) is 0. The first-order chi connectivity index (χ1) is 7.97. The molecule has 0 aromatic carbocycles. The van der Waals surface area contributed by atoms with E-state index in [1.165, 1.54) is 0 Å². The predicted octanol–water partition coefficient (Wildman–Crippen LogP) is 2.24. The van der Waals surface area contributed by atoms with Gasteiger partial charge < -0.3 is 5.32 Å². The van der Waals surface area contributed by atoms with E-state index in [1.54, 1.807) is 12.1 Å². The van der Waals surface area contributed by atoms with E-state index < -0.39 is 10.0 Å². The molecular weight excluding hydrogens is 315 g/mol. The first-order valence-corrected chi connectivity index (χ1v) is 8.16. The molecule has 1 aliphatic rings. The lowest BCUT2D eigenvalue weighted by Crippen LogP contribution is -2.46. The summed E-state index contributed by atoms with van der Waals surface area (Å²) in [4.78, 5) is 0. The zero-order valence-corrected chi connectivity index (χ0v) is 13.1. The van der Waals surface area contributed by atoms with E-state index in [9.17, 15) is 8.42 Å². The Hall–Kier alpha value is 0.150. The van der Waals surface area contributed by atoms with E-state index in [1.807, 2.05) is 0 Å². The van der Waals surface area contributed by atoms with Crippen LogP contribution in [0.15, 0.2) is 16.3 Å². The second-order valence-corrected chi connectivity index (χ2v) is 7.91. The number of hydrogen-bond acceptors (Lipinski definition) is 4. The Morgan fingerprint density at radius 2 is 2.22 bits per heavy atom. The van der Waals surface area contributed by atoms with Crippen LogP contribution in [-0.4, -0.2) is 27.0 Å². The zero-order valence-electron chi connectivity index (χ0n) is 9.85. The van der Waals surface area contributed by atoms with E-state index in [0.717, 1.165) is 30.7 Å². The molecule has 0 saturated carbocycles. The van der Waals surface area contributed by atoms with E-state index in [2.05, 4.69) is 17.0 Å². The Morgan fingerprint density at radius 1 is 1.50 bits per heavy atom. The molecule has 0 radical (unpaired) electrons. The van der Waals surface area contributed by atoms with Crippen molar-refractivity contribution in [1.29, 1.82) is 0 Å². The van der Waals surface area contributed by atoms with Crippen molar-refractivity contribution in [2.45, 2.75) is 36.1 Å². The van der Waals surface area contributed by atoms with E-state index in [-0.39, 0.29) is 22.7 Å². The van der Waals surface area contributed by atoms with Gasteiger partial charge >= 0.3 is 0 Å². The average Bonchev–Trinajstić information content (AvgIpc) is 2.65. The van der Waals surface area contributed by atoms with Crippen molar-refractivity contribution in [3.05, 3.63) is 16.5 Å². The summed E-state index contributed by atoms with van der Waals surface area (Å²) in [5, 5.41) is 3.29. The SMILES string of the molecule is CC1CC(NS(=O)(=O)c2ccc(Cl)s2)CCN1.Cl. The molecule has 8 heteroatoms. The molecule has 2 rings (SSSR count). The molecule has 0 spiro atoms. The Kier molecular flexibility index (Phi) is 5.89. The van der Waals surface area contributed by atoms with Crippen LogP contribution in [0.2, 0.25) is 4.34 Å². The first kappa shape index (κ1) is 16.2. The summed E-state index contributed by atoms with van der Waals surface area (Å²) < 4.78 is 27.6. The second-order valence-electron chi connectivity index (χ2n) is 4.26. The van der Waals surface area contributed by atoms with Gasteiger partial charge in [-0.3, -0.25) is 0 Å². The molecule has 104 valence electrons. The third-order valence-corrected chi connectivity index (χ3v) is 6.00. The van der Waals surface area contributed by atoms with Gasteiger partial charge in [-0.05, 0) is 38.4 Å². The van der Waals surface area contributed by atoms with Crippen LogP contribution in [0, 0.1) is 0 Å². The molecule has 2 atom stereocenters. The van der Waals surface area contributed by atoms with Crippen molar-refractivity contribution in [1.82, 2.24) is 10.0 Å². The van der Waals surface area contributed by atoms with Crippen LogP contribution < -0.4 is 10.0 Å². The third-order valence-electron chi connectivity index (χ3n) is 2.76. The Labute approximate surface area is 123 Å². The molecule has 1 fully saturated rings. The highest BCUT2D eigenvalue weighted by atomic mass is 35.5. The number of halogens is 2. The molecule has 2 N–H and O–H groups in total. The van der Waals surface area contributed by atoms with Crippen LogP contribution in [0.3, 0.4) is 0 Å². The molecule has 0 bridgehead atoms. The smallest absolute Gasteiger partial charge is 0.250 e. The minimum absolute atomic E-state index is 0. The van der Waals surface area contributed by atoms with Gasteiger partial charge in [0.25, 0.3) is 0 Å². The van der Waals surface area contributed by atoms with E-state index in [0.29, 0.717) is 10.4 Å². The standard InChI is InChI=1S/C10H15ClN2O2S2.ClH/c1-7-6-8(4-5-12-7)13-17(14,15)10-3-2-9(11)16-10;/h2-3,7-8,12-13H,4-6H2,1H3;1H. The van der Waals surface area contributed by atoms with Gasteiger partial charge in [0.15, 0.2) is 0 Å². The quantitative estimate of drug-likeness (QED) is 0.893. The van der Waals surface area contributed by atoms with Gasteiger partial charge in [0.1, 0.15) is 4.21 Å². The zero-order chi connectivity index (χ0) is 12.5. The van der Waals surface area contributed by atoms with Crippen molar-refractivity contribution >= 4 is 45.4 Å². The molecule has 2 unspecified atom stereocenters. The molecule has 1 aliphatic heterocycles. The van der Waals surface area contributed by atoms with Crippen molar-refractivity contribution in [2.75, 3.05) is 6.54 Å². The van der Waals surface area contributed by atoms with Gasteiger partial charge in [-0.2, -0.15) is 0 Å². The molecular formula is C10H16Cl2N2O2S2. The average molecular weight is 331 g/mol. The van der Waals surface area contributed by atoms with Gasteiger partial charge in [-0.15, -0.1) is 23.7 Å². The molecule has 0 amide bonds. The van der Waals surface area contributed by atoms with Crippen molar-refractivity contribution < 1.29 is 8.42 Å². The topological polar surface area (TPSA) is 58.2 Å². The minimum atomic E-state index is -3.41. The third kappa shape index (κ3) is 4.08. The molecule has 18 heavy (non-hydrogen) atoms. The monoisotopic (exact) mass is 330 g/mol. The summed E-state index contributed by atoms with van der Waals surface area (Å²) in [7, 11) is -3.41. The van der Waals surface area contributed by atoms with Crippen LogP contribution in [0.1, 0.15) is 19.8 Å². The van der Waals surface area contributed by atoms with Gasteiger partial charge in [0.05, 0.1) is 4.34 Å². The van der Waals surface area contributed by atoms with Crippen LogP contribution >= 0.6 is 35.3 Å². The normalized spacial score (nSPS) is 24.6. The summed E-state index contributed by atoms with van der Waals surface area (Å²) in [6.07, 6.45) is 1.64. The Morgan fingerprint density at radius 3 is 2.78 bits per heavy atom. The fourth-order valence-electron chi connectivity index (χ4n) is 1.96. The van der Waals surface area contributed by atoms with E-state index >= 15 is 0 Å². The molecule has 4 nitrogen and oxygen atoms in total. The second kappa shape index (κ2) is 6.54. The summed E-state index contributed by atoms with van der Waals surface area (Å²) in [6.45, 7) is 2.90. The van der Waals surface area contributed by atoms with Crippen LogP contribution in [0.25, 0.3) is 0 Å². The lowest BCUT2D eigenvalue weighted by atomic mass is 10.0. The number of nitrogens with one attached hydrogen (secondary N) is 2.